The minimum atomic E-state index is -0.952. The average molecular weight is 260 g/mol. The van der Waals surface area contributed by atoms with Gasteiger partial charge in [0.05, 0.1) is 4.92 Å². The topological polar surface area (TPSA) is 85.4 Å². The Morgan fingerprint density at radius 1 is 1.47 bits per heavy atom. The van der Waals surface area contributed by atoms with Crippen molar-refractivity contribution in [3.63, 3.8) is 0 Å². The fourth-order valence-electron chi connectivity index (χ4n) is 1.78. The quantitative estimate of drug-likeness (QED) is 0.520. The second-order valence-electron chi connectivity index (χ2n) is 4.16. The Morgan fingerprint density at radius 3 is 2.84 bits per heavy atom. The van der Waals surface area contributed by atoms with E-state index in [1.807, 2.05) is 4.57 Å². The number of hydrogen-bond acceptors (Lipinski definition) is 3. The number of carboxylic acid groups (broad SMARTS) is 1. The van der Waals surface area contributed by atoms with E-state index in [4.69, 9.17) is 5.11 Å². The molecular weight excluding hydrogens is 248 g/mol. The van der Waals surface area contributed by atoms with Crippen LogP contribution in [-0.4, -0.2) is 20.6 Å². The lowest BCUT2D eigenvalue weighted by atomic mass is 10.2. The third-order valence-electron chi connectivity index (χ3n) is 2.90. The van der Waals surface area contributed by atoms with Crippen molar-refractivity contribution in [1.29, 1.82) is 0 Å². The Hall–Kier alpha value is -2.63. The van der Waals surface area contributed by atoms with Gasteiger partial charge in [0, 0.05) is 41.4 Å². The van der Waals surface area contributed by atoms with E-state index in [0.717, 1.165) is 10.9 Å². The van der Waals surface area contributed by atoms with Gasteiger partial charge < -0.3 is 9.67 Å². The molecule has 0 radical (unpaired) electrons. The molecule has 0 aliphatic carbocycles. The van der Waals surface area contributed by atoms with Crippen molar-refractivity contribution >= 4 is 22.6 Å². The Kier molecular flexibility index (Phi) is 3.33. The number of carbonyl (C=O) groups is 1. The SMILES string of the molecule is CC(=CCn1ccc2cc([N+](=O)[O-])ccc21)C(=O)O. The smallest absolute Gasteiger partial charge is 0.331 e. The summed E-state index contributed by atoms with van der Waals surface area (Å²) in [7, 11) is 0. The molecule has 6 nitrogen and oxygen atoms in total. The van der Waals surface area contributed by atoms with Crippen molar-refractivity contribution in [3.8, 4) is 0 Å². The maximum absolute atomic E-state index is 10.7. The van der Waals surface area contributed by atoms with Gasteiger partial charge in [0.25, 0.3) is 5.69 Å². The summed E-state index contributed by atoms with van der Waals surface area (Å²) in [6.45, 7) is 1.94. The van der Waals surface area contributed by atoms with Crippen molar-refractivity contribution in [2.24, 2.45) is 0 Å². The van der Waals surface area contributed by atoms with Crippen molar-refractivity contribution in [2.75, 3.05) is 0 Å². The minimum absolute atomic E-state index is 0.0440. The van der Waals surface area contributed by atoms with E-state index in [9.17, 15) is 14.9 Å². The van der Waals surface area contributed by atoms with Crippen LogP contribution >= 0.6 is 0 Å². The molecule has 0 bridgehead atoms. The van der Waals surface area contributed by atoms with Gasteiger partial charge in [-0.1, -0.05) is 6.08 Å². The largest absolute Gasteiger partial charge is 0.478 e. The van der Waals surface area contributed by atoms with Crippen molar-refractivity contribution in [1.82, 2.24) is 4.57 Å². The summed E-state index contributed by atoms with van der Waals surface area (Å²) >= 11 is 0. The highest BCUT2D eigenvalue weighted by atomic mass is 16.6. The maximum Gasteiger partial charge on any atom is 0.331 e. The van der Waals surface area contributed by atoms with Gasteiger partial charge in [0.2, 0.25) is 0 Å². The van der Waals surface area contributed by atoms with E-state index < -0.39 is 10.9 Å². The van der Waals surface area contributed by atoms with Crippen LogP contribution in [0.4, 0.5) is 5.69 Å². The van der Waals surface area contributed by atoms with Crippen LogP contribution in [0.1, 0.15) is 6.92 Å². The fraction of sp³-hybridized carbons (Fsp3) is 0.154. The number of non-ortho nitro benzene ring substituents is 1. The van der Waals surface area contributed by atoms with Crippen LogP contribution in [0.3, 0.4) is 0 Å². The van der Waals surface area contributed by atoms with Crippen molar-refractivity contribution < 1.29 is 14.8 Å². The first kappa shape index (κ1) is 12.8. The zero-order valence-electron chi connectivity index (χ0n) is 10.2. The molecule has 0 saturated carbocycles. The van der Waals surface area contributed by atoms with E-state index >= 15 is 0 Å². The molecule has 0 saturated heterocycles. The normalized spacial score (nSPS) is 11.7. The van der Waals surface area contributed by atoms with Gasteiger partial charge >= 0.3 is 5.97 Å². The molecule has 0 unspecified atom stereocenters. The summed E-state index contributed by atoms with van der Waals surface area (Å²) in [4.78, 5) is 20.9. The Balaban J connectivity index is 2.34. The lowest BCUT2D eigenvalue weighted by Gasteiger charge is -2.02. The van der Waals surface area contributed by atoms with Crippen LogP contribution < -0.4 is 0 Å². The number of benzene rings is 1. The van der Waals surface area contributed by atoms with Gasteiger partial charge in [0.1, 0.15) is 0 Å². The zero-order chi connectivity index (χ0) is 14.0. The highest BCUT2D eigenvalue weighted by Gasteiger charge is 2.08. The van der Waals surface area contributed by atoms with Crippen LogP contribution in [-0.2, 0) is 11.3 Å². The molecule has 1 aromatic heterocycles. The van der Waals surface area contributed by atoms with Crippen molar-refractivity contribution in [2.45, 2.75) is 13.5 Å². The van der Waals surface area contributed by atoms with Gasteiger partial charge in [-0.15, -0.1) is 0 Å². The number of aromatic nitrogens is 1. The summed E-state index contributed by atoms with van der Waals surface area (Å²) in [5, 5.41) is 20.2. The second-order valence-corrected chi connectivity index (χ2v) is 4.16. The fourth-order valence-corrected chi connectivity index (χ4v) is 1.78. The number of nitro benzene ring substituents is 1. The van der Waals surface area contributed by atoms with Crippen LogP contribution in [0.15, 0.2) is 42.1 Å². The molecular formula is C13H12N2O4. The van der Waals surface area contributed by atoms with Gasteiger partial charge in [-0.05, 0) is 19.1 Å². The molecule has 0 spiro atoms. The molecule has 1 N–H and O–H groups in total. The number of carboxylic acids is 1. The molecule has 0 aliphatic rings. The molecule has 98 valence electrons. The third-order valence-corrected chi connectivity index (χ3v) is 2.90. The molecule has 0 amide bonds. The summed E-state index contributed by atoms with van der Waals surface area (Å²) in [5.74, 6) is -0.952. The van der Waals surface area contributed by atoms with Crippen LogP contribution in [0.25, 0.3) is 10.9 Å². The summed E-state index contributed by atoms with van der Waals surface area (Å²) in [5.41, 5.74) is 1.14. The summed E-state index contributed by atoms with van der Waals surface area (Å²) in [6, 6.07) is 6.37. The predicted molar refractivity (Wildman–Crippen MR) is 70.0 cm³/mol. The maximum atomic E-state index is 10.7. The van der Waals surface area contributed by atoms with E-state index in [1.54, 1.807) is 24.4 Å². The molecule has 1 aromatic carbocycles. The van der Waals surface area contributed by atoms with Gasteiger partial charge in [-0.2, -0.15) is 0 Å². The average Bonchev–Trinajstić information content (AvgIpc) is 2.77. The van der Waals surface area contributed by atoms with E-state index in [-0.39, 0.29) is 11.3 Å². The van der Waals surface area contributed by atoms with Gasteiger partial charge in [-0.25, -0.2) is 4.79 Å². The lowest BCUT2D eigenvalue weighted by Crippen LogP contribution is -1.99. The van der Waals surface area contributed by atoms with Gasteiger partial charge in [0.15, 0.2) is 0 Å². The van der Waals surface area contributed by atoms with Crippen LogP contribution in [0, 0.1) is 10.1 Å². The second kappa shape index (κ2) is 4.93. The van der Waals surface area contributed by atoms with Crippen LogP contribution in [0.2, 0.25) is 0 Å². The number of nitro groups is 1. The molecule has 2 rings (SSSR count). The molecule has 0 fully saturated rings. The number of allylic oxidation sites excluding steroid dienone is 1. The van der Waals surface area contributed by atoms with Crippen LogP contribution in [0.5, 0.6) is 0 Å². The van der Waals surface area contributed by atoms with E-state index in [2.05, 4.69) is 0 Å². The summed E-state index contributed by atoms with van der Waals surface area (Å²) in [6.07, 6.45) is 3.38. The lowest BCUT2D eigenvalue weighted by molar-refractivity contribution is -0.384. The number of hydrogen-bond donors (Lipinski definition) is 1. The highest BCUT2D eigenvalue weighted by Crippen LogP contribution is 2.22. The molecule has 0 atom stereocenters. The number of fused-ring (bicyclic) bond motifs is 1. The van der Waals surface area contributed by atoms with Crippen molar-refractivity contribution in [3.05, 3.63) is 52.2 Å². The predicted octanol–water partition coefficient (Wildman–Crippen LogP) is 2.58. The first-order valence-corrected chi connectivity index (χ1v) is 5.62. The monoisotopic (exact) mass is 260 g/mol. The van der Waals surface area contributed by atoms with Gasteiger partial charge in [-0.3, -0.25) is 10.1 Å². The first-order valence-electron chi connectivity index (χ1n) is 5.62. The third kappa shape index (κ3) is 2.62. The summed E-state index contributed by atoms with van der Waals surface area (Å²) < 4.78 is 1.84. The Morgan fingerprint density at radius 2 is 2.21 bits per heavy atom. The molecule has 1 heterocycles. The zero-order valence-corrected chi connectivity index (χ0v) is 10.2. The number of aliphatic carboxylic acids is 1. The standard InChI is InChI=1S/C13H12N2O4/c1-9(13(16)17)4-6-14-7-5-10-8-11(15(18)19)2-3-12(10)14/h2-5,7-8H,6H2,1H3,(H,16,17). The Bertz CT molecular complexity index is 685. The van der Waals surface area contributed by atoms with E-state index in [0.29, 0.717) is 6.54 Å². The molecule has 19 heavy (non-hydrogen) atoms. The Labute approximate surface area is 108 Å². The first-order chi connectivity index (χ1) is 8.99. The highest BCUT2D eigenvalue weighted by molar-refractivity contribution is 5.86. The molecule has 6 heteroatoms. The number of rotatable bonds is 4. The number of nitrogens with zero attached hydrogens (tertiary/aromatic N) is 2. The molecule has 2 aromatic rings. The molecule has 0 aliphatic heterocycles. The van der Waals surface area contributed by atoms with E-state index in [1.165, 1.54) is 19.1 Å². The minimum Gasteiger partial charge on any atom is -0.478 e.